The van der Waals surface area contributed by atoms with Crippen molar-refractivity contribution in [3.05, 3.63) is 29.3 Å². The summed E-state index contributed by atoms with van der Waals surface area (Å²) in [4.78, 5) is 30.5. The molecule has 166 valence electrons. The molecule has 2 aliphatic rings. The Bertz CT molecular complexity index is 781. The largest absolute Gasteiger partial charge is 0.453 e. The number of hydrogen-bond donors (Lipinski definition) is 1. The summed E-state index contributed by atoms with van der Waals surface area (Å²) in [6.45, 7) is 3.58. The number of rotatable bonds is 4. The van der Waals surface area contributed by atoms with Crippen LogP contribution in [-0.4, -0.2) is 79.1 Å². The highest BCUT2D eigenvalue weighted by molar-refractivity contribution is 5.81. The number of likely N-dealkylation sites (tertiary alicyclic amines) is 1. The molecule has 2 heterocycles. The Labute approximate surface area is 173 Å². The van der Waals surface area contributed by atoms with Gasteiger partial charge in [0, 0.05) is 31.9 Å². The van der Waals surface area contributed by atoms with Crippen LogP contribution in [-0.2, 0) is 22.1 Å². The Morgan fingerprint density at radius 1 is 1.17 bits per heavy atom. The lowest BCUT2D eigenvalue weighted by Gasteiger charge is -2.42. The minimum Gasteiger partial charge on any atom is -0.453 e. The molecule has 0 radical (unpaired) electrons. The molecule has 1 atom stereocenters. The number of piperazine rings is 1. The molecule has 1 aromatic carbocycles. The molecule has 0 saturated carbocycles. The third kappa shape index (κ3) is 5.16. The van der Waals surface area contributed by atoms with Gasteiger partial charge in [0.15, 0.2) is 0 Å². The molecule has 10 heteroatoms. The number of hydrogen-bond acceptors (Lipinski definition) is 5. The summed E-state index contributed by atoms with van der Waals surface area (Å²) in [5, 5.41) is 0. The third-order valence-corrected chi connectivity index (χ3v) is 5.72. The summed E-state index contributed by atoms with van der Waals surface area (Å²) in [5.74, 6) is -0.213. The number of methoxy groups -OCH3 is 1. The van der Waals surface area contributed by atoms with Crippen molar-refractivity contribution in [2.24, 2.45) is 0 Å². The maximum Gasteiger partial charge on any atom is 0.416 e. The Hall–Kier alpha value is -2.49. The van der Waals surface area contributed by atoms with Crippen LogP contribution in [0.5, 0.6) is 0 Å². The van der Waals surface area contributed by atoms with Crippen molar-refractivity contribution in [1.82, 2.24) is 14.7 Å². The maximum absolute atomic E-state index is 13.0. The molecule has 2 saturated heterocycles. The third-order valence-electron chi connectivity index (χ3n) is 5.72. The van der Waals surface area contributed by atoms with Crippen molar-refractivity contribution in [1.29, 1.82) is 0 Å². The van der Waals surface area contributed by atoms with Gasteiger partial charge in [0.2, 0.25) is 5.91 Å². The number of amides is 2. The molecule has 0 unspecified atom stereocenters. The van der Waals surface area contributed by atoms with Crippen LogP contribution >= 0.6 is 0 Å². The normalized spacial score (nSPS) is 20.5. The number of alkyl halides is 3. The quantitative estimate of drug-likeness (QED) is 0.744. The first-order valence-corrected chi connectivity index (χ1v) is 9.99. The summed E-state index contributed by atoms with van der Waals surface area (Å²) in [5.41, 5.74) is 5.27. The van der Waals surface area contributed by atoms with Crippen molar-refractivity contribution in [3.63, 3.8) is 0 Å². The van der Waals surface area contributed by atoms with E-state index in [2.05, 4.69) is 4.90 Å². The monoisotopic (exact) mass is 428 g/mol. The van der Waals surface area contributed by atoms with E-state index >= 15 is 0 Å². The zero-order valence-corrected chi connectivity index (χ0v) is 17.0. The molecule has 0 aliphatic carbocycles. The van der Waals surface area contributed by atoms with Crippen molar-refractivity contribution in [2.75, 3.05) is 52.1 Å². The molecular formula is C20H27F3N4O3. The van der Waals surface area contributed by atoms with Gasteiger partial charge in [-0.15, -0.1) is 0 Å². The fraction of sp³-hybridized carbons (Fsp3) is 0.600. The molecule has 2 amide bonds. The van der Waals surface area contributed by atoms with Crippen LogP contribution in [0.15, 0.2) is 18.2 Å². The van der Waals surface area contributed by atoms with E-state index < -0.39 is 17.8 Å². The van der Waals surface area contributed by atoms with Gasteiger partial charge in [0.1, 0.15) is 0 Å². The molecule has 0 aromatic heterocycles. The van der Waals surface area contributed by atoms with Crippen LogP contribution in [0.1, 0.15) is 24.0 Å². The lowest BCUT2D eigenvalue weighted by molar-refractivity contribution is -0.137. The molecule has 1 aromatic rings. The number of halogens is 3. The first-order valence-electron chi connectivity index (χ1n) is 9.99. The summed E-state index contributed by atoms with van der Waals surface area (Å²) >= 11 is 0. The average molecular weight is 428 g/mol. The van der Waals surface area contributed by atoms with Crippen molar-refractivity contribution < 1.29 is 27.5 Å². The number of anilines is 1. The Morgan fingerprint density at radius 2 is 1.87 bits per heavy atom. The zero-order valence-electron chi connectivity index (χ0n) is 17.0. The van der Waals surface area contributed by atoms with Crippen LogP contribution < -0.4 is 5.73 Å². The molecule has 2 N–H and O–H groups in total. The van der Waals surface area contributed by atoms with Gasteiger partial charge in [-0.2, -0.15) is 13.2 Å². The first-order chi connectivity index (χ1) is 14.2. The van der Waals surface area contributed by atoms with Crippen LogP contribution in [0.2, 0.25) is 0 Å². The van der Waals surface area contributed by atoms with Gasteiger partial charge in [-0.1, -0.05) is 6.07 Å². The van der Waals surface area contributed by atoms with Crippen LogP contribution in [0.3, 0.4) is 0 Å². The molecule has 0 spiro atoms. The second-order valence-corrected chi connectivity index (χ2v) is 7.75. The number of benzene rings is 1. The topological polar surface area (TPSA) is 79.1 Å². The minimum absolute atomic E-state index is 0.0533. The van der Waals surface area contributed by atoms with Gasteiger partial charge in [-0.05, 0) is 43.6 Å². The van der Waals surface area contributed by atoms with E-state index in [9.17, 15) is 22.8 Å². The number of carbonyl (C=O) groups excluding carboxylic acids is 2. The number of ether oxygens (including phenoxy) is 1. The van der Waals surface area contributed by atoms with Gasteiger partial charge >= 0.3 is 12.3 Å². The van der Waals surface area contributed by atoms with Gasteiger partial charge in [0.05, 0.1) is 25.1 Å². The van der Waals surface area contributed by atoms with Crippen molar-refractivity contribution in [2.45, 2.75) is 31.5 Å². The Morgan fingerprint density at radius 3 is 2.47 bits per heavy atom. The standard InChI is InChI=1S/C20H27F3N4O3/c1-30-19(29)26-8-9-27(16(13-26)12-25-6-2-3-7-25)18(28)10-14-4-5-15(11-17(14)24)20(21,22)23/h4-5,11,16H,2-3,6-10,12-13,24H2,1H3/t16-/m1/s1. The highest BCUT2D eigenvalue weighted by Crippen LogP contribution is 2.31. The predicted molar refractivity (Wildman–Crippen MR) is 105 cm³/mol. The van der Waals surface area contributed by atoms with Crippen molar-refractivity contribution in [3.8, 4) is 0 Å². The van der Waals surface area contributed by atoms with Crippen LogP contribution in [0, 0.1) is 0 Å². The molecule has 2 fully saturated rings. The van der Waals surface area contributed by atoms with Gasteiger partial charge in [-0.3, -0.25) is 4.79 Å². The molecule has 3 rings (SSSR count). The zero-order chi connectivity index (χ0) is 21.9. The van der Waals surface area contributed by atoms with E-state index in [1.807, 2.05) is 0 Å². The summed E-state index contributed by atoms with van der Waals surface area (Å²) in [7, 11) is 1.32. The van der Waals surface area contributed by atoms with E-state index in [1.165, 1.54) is 13.2 Å². The van der Waals surface area contributed by atoms with Crippen LogP contribution in [0.25, 0.3) is 0 Å². The Kier molecular flexibility index (Phi) is 6.74. The van der Waals surface area contributed by atoms with E-state index in [-0.39, 0.29) is 24.1 Å². The summed E-state index contributed by atoms with van der Waals surface area (Å²) in [6, 6.07) is 2.85. The van der Waals surface area contributed by atoms with Gasteiger partial charge in [-0.25, -0.2) is 4.79 Å². The predicted octanol–water partition coefficient (Wildman–Crippen LogP) is 2.21. The minimum atomic E-state index is -4.48. The summed E-state index contributed by atoms with van der Waals surface area (Å²) < 4.78 is 43.4. The van der Waals surface area contributed by atoms with Crippen LogP contribution in [0.4, 0.5) is 23.7 Å². The molecule has 30 heavy (non-hydrogen) atoms. The van der Waals surface area contributed by atoms with Crippen molar-refractivity contribution >= 4 is 17.7 Å². The lowest BCUT2D eigenvalue weighted by Crippen LogP contribution is -2.59. The number of nitrogens with two attached hydrogens (primary N) is 1. The second kappa shape index (κ2) is 9.11. The van der Waals surface area contributed by atoms with E-state index in [0.29, 0.717) is 31.7 Å². The van der Waals surface area contributed by atoms with Gasteiger partial charge < -0.3 is 25.2 Å². The SMILES string of the molecule is COC(=O)N1CCN(C(=O)Cc2ccc(C(F)(F)F)cc2N)[C@H](CN2CCCC2)C1. The summed E-state index contributed by atoms with van der Waals surface area (Å²) in [6.07, 6.45) is -2.80. The molecular weight excluding hydrogens is 401 g/mol. The number of carbonyl (C=O) groups is 2. The average Bonchev–Trinajstić information content (AvgIpc) is 3.21. The number of nitrogen functional groups attached to an aromatic ring is 1. The highest BCUT2D eigenvalue weighted by Gasteiger charge is 2.35. The van der Waals surface area contributed by atoms with Gasteiger partial charge in [0.25, 0.3) is 0 Å². The molecule has 0 bridgehead atoms. The second-order valence-electron chi connectivity index (χ2n) is 7.75. The highest BCUT2D eigenvalue weighted by atomic mass is 19.4. The van der Waals surface area contributed by atoms with E-state index in [4.69, 9.17) is 10.5 Å². The smallest absolute Gasteiger partial charge is 0.416 e. The lowest BCUT2D eigenvalue weighted by atomic mass is 10.0. The molecule has 7 nitrogen and oxygen atoms in total. The molecule has 2 aliphatic heterocycles. The fourth-order valence-electron chi connectivity index (χ4n) is 4.09. The number of nitrogens with zero attached hydrogens (tertiary/aromatic N) is 3. The first kappa shape index (κ1) is 22.2. The van der Waals surface area contributed by atoms with E-state index in [0.717, 1.165) is 38.1 Å². The Balaban J connectivity index is 1.72. The maximum atomic E-state index is 13.0. The van der Waals surface area contributed by atoms with E-state index in [1.54, 1.807) is 9.80 Å². The fourth-order valence-corrected chi connectivity index (χ4v) is 4.09.